The molecule has 1 atom stereocenters. The zero-order chi connectivity index (χ0) is 33.1. The lowest BCUT2D eigenvalue weighted by Gasteiger charge is -2.38. The van der Waals surface area contributed by atoms with Crippen molar-refractivity contribution < 1.29 is 9.59 Å². The van der Waals surface area contributed by atoms with Crippen molar-refractivity contribution in [2.45, 2.75) is 50.7 Å². The number of hydrogen-bond acceptors (Lipinski definition) is 4. The lowest BCUT2D eigenvalue weighted by atomic mass is 10.0. The molecule has 0 saturated carbocycles. The van der Waals surface area contributed by atoms with Gasteiger partial charge in [-0.1, -0.05) is 41.9 Å². The van der Waals surface area contributed by atoms with E-state index in [4.69, 9.17) is 16.6 Å². The Bertz CT molecular complexity index is 1760. The third kappa shape index (κ3) is 7.80. The van der Waals surface area contributed by atoms with Crippen molar-refractivity contribution in [1.82, 2.24) is 29.6 Å². The number of carbonyl (C=O) groups excluding carboxylic acids is 2. The van der Waals surface area contributed by atoms with Crippen LogP contribution in [0, 0.1) is 0 Å². The summed E-state index contributed by atoms with van der Waals surface area (Å²) in [6.07, 6.45) is 3.71. The van der Waals surface area contributed by atoms with Crippen LogP contribution in [0.25, 0.3) is 11.0 Å². The Morgan fingerprint density at radius 3 is 2.62 bits per heavy atom. The SMILES string of the molecule is CN(C)CCCn1c(C(Cc2ccc(Br)c(Br)c2)NC(=O)N2CCC(N3CCc4ccccc4NC3=O)CC2)nc2cccc(Cl)c21. The van der Waals surface area contributed by atoms with Crippen LogP contribution in [0.2, 0.25) is 5.02 Å². The van der Waals surface area contributed by atoms with Gasteiger partial charge in [-0.05, 0) is 126 Å². The summed E-state index contributed by atoms with van der Waals surface area (Å²) in [7, 11) is 4.13. The monoisotopic (exact) mass is 783 g/mol. The summed E-state index contributed by atoms with van der Waals surface area (Å²) in [5.74, 6) is 0.787. The van der Waals surface area contributed by atoms with Gasteiger partial charge in [0.25, 0.3) is 0 Å². The second-order valence-electron chi connectivity index (χ2n) is 12.6. The van der Waals surface area contributed by atoms with Crippen LogP contribution in [0.15, 0.2) is 69.6 Å². The lowest BCUT2D eigenvalue weighted by Crippen LogP contribution is -2.52. The molecule has 0 spiro atoms. The van der Waals surface area contributed by atoms with E-state index in [-0.39, 0.29) is 18.1 Å². The predicted octanol–water partition coefficient (Wildman–Crippen LogP) is 7.71. The quantitative estimate of drug-likeness (QED) is 0.182. The number of amides is 4. The number of likely N-dealkylation sites (tertiary alicyclic amines) is 1. The Kier molecular flexibility index (Phi) is 10.8. The van der Waals surface area contributed by atoms with Gasteiger partial charge in [0.2, 0.25) is 0 Å². The first-order valence-electron chi connectivity index (χ1n) is 16.1. The van der Waals surface area contributed by atoms with Gasteiger partial charge in [0.1, 0.15) is 5.82 Å². The number of benzene rings is 3. The Morgan fingerprint density at radius 2 is 1.85 bits per heavy atom. The van der Waals surface area contributed by atoms with Gasteiger partial charge in [-0.25, -0.2) is 14.6 Å². The Hall–Kier alpha value is -3.12. The van der Waals surface area contributed by atoms with Gasteiger partial charge in [0, 0.05) is 46.9 Å². The van der Waals surface area contributed by atoms with E-state index in [1.807, 2.05) is 52.3 Å². The number of aryl methyl sites for hydroxylation is 1. The highest BCUT2D eigenvalue weighted by Crippen LogP contribution is 2.31. The normalized spacial score (nSPS) is 16.3. The fraction of sp³-hybridized carbons (Fsp3) is 0.400. The highest BCUT2D eigenvalue weighted by molar-refractivity contribution is 9.13. The van der Waals surface area contributed by atoms with Gasteiger partial charge in [0.15, 0.2) is 0 Å². The lowest BCUT2D eigenvalue weighted by molar-refractivity contribution is 0.133. The summed E-state index contributed by atoms with van der Waals surface area (Å²) in [5, 5.41) is 7.09. The molecule has 9 nitrogen and oxygen atoms in total. The number of piperidine rings is 1. The van der Waals surface area contributed by atoms with Gasteiger partial charge in [-0.3, -0.25) is 0 Å². The van der Waals surface area contributed by atoms with Crippen LogP contribution in [0.5, 0.6) is 0 Å². The van der Waals surface area contributed by atoms with E-state index in [1.165, 1.54) is 0 Å². The van der Waals surface area contributed by atoms with Crippen molar-refractivity contribution in [2.24, 2.45) is 0 Å². The van der Waals surface area contributed by atoms with Crippen LogP contribution < -0.4 is 10.6 Å². The molecule has 0 bridgehead atoms. The van der Waals surface area contributed by atoms with E-state index in [2.05, 4.69) is 84.3 Å². The molecule has 3 aromatic carbocycles. The first kappa shape index (κ1) is 33.8. The summed E-state index contributed by atoms with van der Waals surface area (Å²) < 4.78 is 4.10. The van der Waals surface area contributed by atoms with E-state index in [1.54, 1.807) is 0 Å². The number of halogens is 3. The van der Waals surface area contributed by atoms with Gasteiger partial charge >= 0.3 is 12.1 Å². The van der Waals surface area contributed by atoms with E-state index in [9.17, 15) is 9.59 Å². The molecule has 0 radical (unpaired) electrons. The molecule has 248 valence electrons. The first-order valence-corrected chi connectivity index (χ1v) is 18.1. The number of aromatic nitrogens is 2. The molecule has 2 N–H and O–H groups in total. The van der Waals surface area contributed by atoms with E-state index in [0.717, 1.165) is 81.4 Å². The number of imidazole rings is 1. The van der Waals surface area contributed by atoms with Crippen molar-refractivity contribution in [1.29, 1.82) is 0 Å². The van der Waals surface area contributed by atoms with Crippen LogP contribution >= 0.6 is 43.5 Å². The molecule has 0 aliphatic carbocycles. The third-order valence-corrected chi connectivity index (χ3v) is 11.3. The van der Waals surface area contributed by atoms with Crippen molar-refractivity contribution in [2.75, 3.05) is 45.6 Å². The minimum Gasteiger partial charge on any atom is -0.328 e. The molecule has 1 unspecified atom stereocenters. The van der Waals surface area contributed by atoms with Gasteiger partial charge in [-0.15, -0.1) is 0 Å². The molecule has 1 fully saturated rings. The topological polar surface area (TPSA) is 85.7 Å². The van der Waals surface area contributed by atoms with Crippen LogP contribution in [0.3, 0.4) is 0 Å². The van der Waals surface area contributed by atoms with Crippen LogP contribution in [-0.4, -0.2) is 82.6 Å². The number of nitrogens with zero attached hydrogens (tertiary/aromatic N) is 5. The van der Waals surface area contributed by atoms with Gasteiger partial charge in [0.05, 0.1) is 22.1 Å². The number of carbonyl (C=O) groups is 2. The zero-order valence-electron chi connectivity index (χ0n) is 26.7. The molecule has 47 heavy (non-hydrogen) atoms. The van der Waals surface area contributed by atoms with E-state index in [0.29, 0.717) is 31.1 Å². The van der Waals surface area contributed by atoms with E-state index >= 15 is 0 Å². The van der Waals surface area contributed by atoms with Crippen molar-refractivity contribution in [3.63, 3.8) is 0 Å². The molecule has 12 heteroatoms. The Balaban J connectivity index is 1.21. The highest BCUT2D eigenvalue weighted by atomic mass is 79.9. The molecule has 1 aromatic heterocycles. The summed E-state index contributed by atoms with van der Waals surface area (Å²) in [6.45, 7) is 3.43. The maximum Gasteiger partial charge on any atom is 0.322 e. The number of hydrogen-bond donors (Lipinski definition) is 2. The zero-order valence-corrected chi connectivity index (χ0v) is 30.6. The average Bonchev–Trinajstić information content (AvgIpc) is 3.33. The number of nitrogens with one attached hydrogen (secondary N) is 2. The summed E-state index contributed by atoms with van der Waals surface area (Å²) in [6, 6.07) is 19.4. The molecule has 4 aromatic rings. The number of urea groups is 2. The molecule has 2 aliphatic rings. The standard InChI is InChI=1S/C35H40Br2ClN7O2/c1-42(2)16-6-17-45-32-28(38)8-5-10-30(32)39-33(45)31(22-23-11-12-26(36)27(37)21-23)41-34(46)43-18-14-25(15-19-43)44-20-13-24-7-3-4-9-29(24)40-35(44)47/h3-5,7-12,21,25,31H,6,13-20,22H2,1-2H3,(H,40,47)(H,41,46). The third-order valence-electron chi connectivity index (χ3n) is 9.10. The van der Waals surface area contributed by atoms with E-state index < -0.39 is 6.04 Å². The molecule has 6 rings (SSSR count). The molecule has 3 heterocycles. The Labute approximate surface area is 297 Å². The Morgan fingerprint density at radius 1 is 1.06 bits per heavy atom. The summed E-state index contributed by atoms with van der Waals surface area (Å²) in [5.41, 5.74) is 4.80. The molecular weight excluding hydrogens is 746 g/mol. The second kappa shape index (κ2) is 15.0. The van der Waals surface area contributed by atoms with Gasteiger partial charge in [-0.2, -0.15) is 0 Å². The number of fused-ring (bicyclic) bond motifs is 2. The molecule has 4 amide bonds. The maximum atomic E-state index is 14.0. The number of anilines is 1. The summed E-state index contributed by atoms with van der Waals surface area (Å²) >= 11 is 14.0. The largest absolute Gasteiger partial charge is 0.328 e. The highest BCUT2D eigenvalue weighted by Gasteiger charge is 2.33. The number of rotatable bonds is 9. The predicted molar refractivity (Wildman–Crippen MR) is 195 cm³/mol. The van der Waals surface area contributed by atoms with Crippen molar-refractivity contribution >= 4 is 72.2 Å². The van der Waals surface area contributed by atoms with Crippen molar-refractivity contribution in [3.05, 3.63) is 91.6 Å². The minimum atomic E-state index is -0.397. The second-order valence-corrected chi connectivity index (χ2v) is 14.7. The minimum absolute atomic E-state index is 0.0644. The smallest absolute Gasteiger partial charge is 0.322 e. The number of para-hydroxylation sites is 2. The van der Waals surface area contributed by atoms with Gasteiger partial charge < -0.3 is 29.9 Å². The van der Waals surface area contributed by atoms with Crippen molar-refractivity contribution in [3.8, 4) is 0 Å². The molecule has 2 aliphatic heterocycles. The average molecular weight is 786 g/mol. The van der Waals surface area contributed by atoms with Crippen LogP contribution in [-0.2, 0) is 19.4 Å². The molecule has 1 saturated heterocycles. The fourth-order valence-electron chi connectivity index (χ4n) is 6.67. The summed E-state index contributed by atoms with van der Waals surface area (Å²) in [4.78, 5) is 38.2. The van der Waals surface area contributed by atoms with Crippen LogP contribution in [0.4, 0.5) is 15.3 Å². The fourth-order valence-corrected chi connectivity index (χ4v) is 7.61. The molecular formula is C35H40Br2ClN7O2. The first-order chi connectivity index (χ1) is 22.7. The van der Waals surface area contributed by atoms with Crippen LogP contribution in [0.1, 0.15) is 42.3 Å². The maximum absolute atomic E-state index is 14.0.